The summed E-state index contributed by atoms with van der Waals surface area (Å²) in [5.74, 6) is -1.35. The molecule has 0 aromatic carbocycles. The quantitative estimate of drug-likeness (QED) is 0.581. The molecule has 1 unspecified atom stereocenters. The molecule has 8 heteroatoms. The fourth-order valence-electron chi connectivity index (χ4n) is 1.47. The van der Waals surface area contributed by atoms with Gasteiger partial charge in [-0.15, -0.1) is 0 Å². The molecule has 0 saturated carbocycles. The van der Waals surface area contributed by atoms with Gasteiger partial charge in [0.2, 0.25) is 5.82 Å². The zero-order valence-electron chi connectivity index (χ0n) is 9.90. The van der Waals surface area contributed by atoms with Crippen LogP contribution >= 0.6 is 0 Å². The van der Waals surface area contributed by atoms with Crippen molar-refractivity contribution in [3.63, 3.8) is 0 Å². The number of nitrogens with zero attached hydrogens (tertiary/aromatic N) is 3. The normalized spacial score (nSPS) is 11.9. The Balaban J connectivity index is 3.22. The van der Waals surface area contributed by atoms with Gasteiger partial charge in [0.25, 0.3) is 0 Å². The molecule has 0 fully saturated rings. The highest BCUT2D eigenvalue weighted by Gasteiger charge is 2.22. The van der Waals surface area contributed by atoms with Crippen LogP contribution in [0.3, 0.4) is 0 Å². The minimum atomic E-state index is -1.27. The van der Waals surface area contributed by atoms with E-state index in [2.05, 4.69) is 4.98 Å². The zero-order valence-corrected chi connectivity index (χ0v) is 9.90. The van der Waals surface area contributed by atoms with E-state index < -0.39 is 17.0 Å². The molecule has 2 N–H and O–H groups in total. The van der Waals surface area contributed by atoms with E-state index in [9.17, 15) is 20.0 Å². The van der Waals surface area contributed by atoms with Crippen molar-refractivity contribution < 1.29 is 19.9 Å². The molecule has 0 spiro atoms. The molecule has 1 rings (SSSR count). The molecule has 0 bridgehead atoms. The first-order valence-electron chi connectivity index (χ1n) is 5.11. The number of hydrogen-bond acceptors (Lipinski definition) is 6. The number of rotatable bonds is 5. The number of aromatic nitrogens is 1. The lowest BCUT2D eigenvalue weighted by Crippen LogP contribution is -2.28. The van der Waals surface area contributed by atoms with Crippen molar-refractivity contribution in [1.82, 2.24) is 4.98 Å². The molecule has 0 radical (unpaired) electrons. The predicted molar refractivity (Wildman–Crippen MR) is 62.8 cm³/mol. The summed E-state index contributed by atoms with van der Waals surface area (Å²) >= 11 is 0. The summed E-state index contributed by atoms with van der Waals surface area (Å²) in [7, 11) is 1.49. The molecule has 0 aliphatic heterocycles. The van der Waals surface area contributed by atoms with Gasteiger partial charge in [0, 0.05) is 19.7 Å². The first kappa shape index (κ1) is 13.8. The average Bonchev–Trinajstić information content (AvgIpc) is 2.26. The number of aliphatic hydroxyl groups excluding tert-OH is 1. The van der Waals surface area contributed by atoms with Crippen LogP contribution in [0.15, 0.2) is 12.1 Å². The monoisotopic (exact) mass is 255 g/mol. The molecule has 0 aliphatic rings. The number of nitro groups is 1. The van der Waals surface area contributed by atoms with Crippen LogP contribution in [-0.4, -0.2) is 45.8 Å². The van der Waals surface area contributed by atoms with E-state index in [1.807, 2.05) is 0 Å². The van der Waals surface area contributed by atoms with Crippen LogP contribution in [-0.2, 0) is 0 Å². The first-order valence-corrected chi connectivity index (χ1v) is 5.11. The number of anilines is 1. The SMILES string of the molecule is CC(O)CN(C)c1nc(C(=O)O)ccc1[N+](=O)[O-]. The maximum atomic E-state index is 10.8. The Morgan fingerprint density at radius 3 is 2.67 bits per heavy atom. The Kier molecular flexibility index (Phi) is 4.16. The van der Waals surface area contributed by atoms with Gasteiger partial charge >= 0.3 is 11.7 Å². The van der Waals surface area contributed by atoms with E-state index in [1.54, 1.807) is 0 Å². The predicted octanol–water partition coefficient (Wildman–Crippen LogP) is 0.505. The number of likely N-dealkylation sites (N-methyl/N-ethyl adjacent to an activating group) is 1. The topological polar surface area (TPSA) is 117 Å². The van der Waals surface area contributed by atoms with E-state index in [0.717, 1.165) is 12.1 Å². The van der Waals surface area contributed by atoms with Gasteiger partial charge < -0.3 is 15.1 Å². The van der Waals surface area contributed by atoms with Gasteiger partial charge in [-0.05, 0) is 13.0 Å². The van der Waals surface area contributed by atoms with Crippen molar-refractivity contribution in [1.29, 1.82) is 0 Å². The van der Waals surface area contributed by atoms with Gasteiger partial charge in [0.05, 0.1) is 11.0 Å². The van der Waals surface area contributed by atoms with E-state index in [-0.39, 0.29) is 23.7 Å². The second-order valence-corrected chi connectivity index (χ2v) is 3.83. The molecule has 1 atom stereocenters. The van der Waals surface area contributed by atoms with Crippen molar-refractivity contribution in [3.05, 3.63) is 27.9 Å². The lowest BCUT2D eigenvalue weighted by atomic mass is 10.3. The summed E-state index contributed by atoms with van der Waals surface area (Å²) < 4.78 is 0. The number of pyridine rings is 1. The van der Waals surface area contributed by atoms with Gasteiger partial charge in [-0.1, -0.05) is 0 Å². The Morgan fingerprint density at radius 2 is 2.22 bits per heavy atom. The molecule has 0 amide bonds. The van der Waals surface area contributed by atoms with Gasteiger partial charge in [-0.3, -0.25) is 10.1 Å². The lowest BCUT2D eigenvalue weighted by molar-refractivity contribution is -0.384. The van der Waals surface area contributed by atoms with E-state index in [0.29, 0.717) is 0 Å². The minimum Gasteiger partial charge on any atom is -0.477 e. The van der Waals surface area contributed by atoms with Gasteiger partial charge in [-0.25, -0.2) is 9.78 Å². The molecule has 0 aliphatic carbocycles. The summed E-state index contributed by atoms with van der Waals surface area (Å²) in [4.78, 5) is 26.0. The minimum absolute atomic E-state index is 0.0826. The third-order valence-corrected chi connectivity index (χ3v) is 2.17. The largest absolute Gasteiger partial charge is 0.477 e. The highest BCUT2D eigenvalue weighted by molar-refractivity contribution is 5.86. The Hall–Kier alpha value is -2.22. The summed E-state index contributed by atoms with van der Waals surface area (Å²) in [6.45, 7) is 1.63. The van der Waals surface area contributed by atoms with Crippen molar-refractivity contribution in [2.75, 3.05) is 18.5 Å². The molecular weight excluding hydrogens is 242 g/mol. The first-order chi connectivity index (χ1) is 8.32. The maximum absolute atomic E-state index is 10.8. The fraction of sp³-hybridized carbons (Fsp3) is 0.400. The maximum Gasteiger partial charge on any atom is 0.354 e. The molecule has 1 heterocycles. The van der Waals surface area contributed by atoms with E-state index >= 15 is 0 Å². The Morgan fingerprint density at radius 1 is 1.61 bits per heavy atom. The zero-order chi connectivity index (χ0) is 13.9. The summed E-state index contributed by atoms with van der Waals surface area (Å²) in [6, 6.07) is 2.16. The summed E-state index contributed by atoms with van der Waals surface area (Å²) in [5, 5.41) is 28.9. The number of carbonyl (C=O) groups is 1. The Bertz CT molecular complexity index is 475. The molecule has 1 aromatic heterocycles. The number of hydrogen-bond donors (Lipinski definition) is 2. The van der Waals surface area contributed by atoms with Crippen LogP contribution in [0, 0.1) is 10.1 Å². The number of carboxylic acid groups (broad SMARTS) is 1. The van der Waals surface area contributed by atoms with Crippen LogP contribution in [0.5, 0.6) is 0 Å². The van der Waals surface area contributed by atoms with E-state index in [4.69, 9.17) is 5.11 Å². The van der Waals surface area contributed by atoms with Gasteiger partial charge in [0.15, 0.2) is 5.69 Å². The third-order valence-electron chi connectivity index (χ3n) is 2.17. The second-order valence-electron chi connectivity index (χ2n) is 3.83. The van der Waals surface area contributed by atoms with Crippen LogP contribution in [0.4, 0.5) is 11.5 Å². The molecule has 98 valence electrons. The van der Waals surface area contributed by atoms with Crippen molar-refractivity contribution in [3.8, 4) is 0 Å². The van der Waals surface area contributed by atoms with Crippen molar-refractivity contribution in [2.45, 2.75) is 13.0 Å². The molecule has 1 aromatic rings. The van der Waals surface area contributed by atoms with Crippen LogP contribution in [0.1, 0.15) is 17.4 Å². The lowest BCUT2D eigenvalue weighted by Gasteiger charge is -2.19. The number of aliphatic hydroxyl groups is 1. The van der Waals surface area contributed by atoms with Gasteiger partial charge in [-0.2, -0.15) is 0 Å². The standard InChI is InChI=1S/C10H13N3O5/c1-6(14)5-12(2)9-8(13(17)18)4-3-7(11-9)10(15)16/h3-4,6,14H,5H2,1-2H3,(H,15,16). The number of carboxylic acids is 1. The molecule has 0 saturated heterocycles. The Labute approximate surface area is 103 Å². The molecule has 18 heavy (non-hydrogen) atoms. The fourth-order valence-corrected chi connectivity index (χ4v) is 1.47. The second kappa shape index (κ2) is 5.41. The molecule has 8 nitrogen and oxygen atoms in total. The van der Waals surface area contributed by atoms with Gasteiger partial charge in [0.1, 0.15) is 0 Å². The summed E-state index contributed by atoms with van der Waals surface area (Å²) in [6.07, 6.45) is -0.718. The highest BCUT2D eigenvalue weighted by atomic mass is 16.6. The number of aromatic carboxylic acids is 1. The van der Waals surface area contributed by atoms with Crippen molar-refractivity contribution >= 4 is 17.5 Å². The molecular formula is C10H13N3O5. The average molecular weight is 255 g/mol. The summed E-state index contributed by atoms with van der Waals surface area (Å²) in [5.41, 5.74) is -0.587. The van der Waals surface area contributed by atoms with Crippen LogP contribution in [0.2, 0.25) is 0 Å². The highest BCUT2D eigenvalue weighted by Crippen LogP contribution is 2.25. The van der Waals surface area contributed by atoms with Crippen LogP contribution in [0.25, 0.3) is 0 Å². The van der Waals surface area contributed by atoms with Crippen molar-refractivity contribution in [2.24, 2.45) is 0 Å². The smallest absolute Gasteiger partial charge is 0.354 e. The van der Waals surface area contributed by atoms with E-state index in [1.165, 1.54) is 18.9 Å². The van der Waals surface area contributed by atoms with Crippen LogP contribution < -0.4 is 4.90 Å². The third kappa shape index (κ3) is 3.14.